The van der Waals surface area contributed by atoms with Gasteiger partial charge in [-0.15, -0.1) is 0 Å². The van der Waals surface area contributed by atoms with Crippen LogP contribution >= 0.6 is 0 Å². The lowest BCUT2D eigenvalue weighted by Crippen LogP contribution is -2.27. The summed E-state index contributed by atoms with van der Waals surface area (Å²) >= 11 is 0. The Bertz CT molecular complexity index is 1750. The van der Waals surface area contributed by atoms with E-state index in [1.165, 1.54) is 24.1 Å². The number of rotatable bonds is 8. The van der Waals surface area contributed by atoms with Gasteiger partial charge in [-0.2, -0.15) is 9.36 Å². The molecule has 0 aliphatic rings. The summed E-state index contributed by atoms with van der Waals surface area (Å²) in [5.74, 6) is -0.0496. The molecule has 0 bridgehead atoms. The van der Waals surface area contributed by atoms with Crippen molar-refractivity contribution < 1.29 is 14.0 Å². The van der Waals surface area contributed by atoms with Gasteiger partial charge in [-0.1, -0.05) is 25.1 Å². The second-order valence-electron chi connectivity index (χ2n) is 8.99. The number of benzene rings is 2. The maximum atomic E-state index is 12.8. The summed E-state index contributed by atoms with van der Waals surface area (Å²) in [7, 11) is 1.53. The van der Waals surface area contributed by atoms with Crippen LogP contribution in [-0.2, 0) is 26.6 Å². The van der Waals surface area contributed by atoms with E-state index in [4.69, 9.17) is 4.42 Å². The lowest BCUT2D eigenvalue weighted by Gasteiger charge is -2.11. The summed E-state index contributed by atoms with van der Waals surface area (Å²) in [4.78, 5) is 45.7. The van der Waals surface area contributed by atoms with Crippen molar-refractivity contribution in [2.45, 2.75) is 33.4 Å². The molecule has 0 fully saturated rings. The largest absolute Gasteiger partial charge is 0.461 e. The number of nitrogens with zero attached hydrogens (tertiary/aromatic N) is 6. The van der Waals surface area contributed by atoms with Crippen molar-refractivity contribution in [3.63, 3.8) is 0 Å². The Labute approximate surface area is 222 Å². The predicted octanol–water partition coefficient (Wildman–Crippen LogP) is 2.23. The first-order valence-electron chi connectivity index (χ1n) is 12.3. The van der Waals surface area contributed by atoms with Crippen molar-refractivity contribution in [3.05, 3.63) is 99.2 Å². The third-order valence-corrected chi connectivity index (χ3v) is 6.27. The molecule has 3 aromatic heterocycles. The minimum absolute atomic E-state index is 0.0726. The standard InChI is InChI=1S/C27H26N8O4/c1-4-18-11-21(35-27(38)34(3)32-33-35)8-7-20(18)14-29-26(37)23-12-22(30-15-31-23)25(36)28-13-17-5-6-19-9-16(2)39-24(19)10-17/h5-12,15H,4,13-14H2,1-3H3,(H,28,36)(H,29,37). The molecule has 0 aliphatic heterocycles. The van der Waals surface area contributed by atoms with E-state index in [1.807, 2.05) is 50.2 Å². The highest BCUT2D eigenvalue weighted by molar-refractivity contribution is 5.97. The monoisotopic (exact) mass is 526 g/mol. The molecule has 0 aliphatic carbocycles. The Hall–Kier alpha value is -5.13. The van der Waals surface area contributed by atoms with Crippen molar-refractivity contribution in [2.75, 3.05) is 0 Å². The highest BCUT2D eigenvalue weighted by atomic mass is 16.3. The number of tetrazole rings is 1. The summed E-state index contributed by atoms with van der Waals surface area (Å²) in [6.07, 6.45) is 1.87. The Morgan fingerprint density at radius 1 is 0.897 bits per heavy atom. The fourth-order valence-corrected chi connectivity index (χ4v) is 4.18. The van der Waals surface area contributed by atoms with E-state index >= 15 is 0 Å². The molecule has 3 heterocycles. The molecule has 2 N–H and O–H groups in total. The first kappa shape index (κ1) is 25.5. The fourth-order valence-electron chi connectivity index (χ4n) is 4.18. The van der Waals surface area contributed by atoms with Crippen LogP contribution in [-0.4, -0.2) is 41.6 Å². The van der Waals surface area contributed by atoms with Gasteiger partial charge in [0.2, 0.25) is 0 Å². The van der Waals surface area contributed by atoms with Crippen LogP contribution in [0.1, 0.15) is 50.4 Å². The predicted molar refractivity (Wildman–Crippen MR) is 141 cm³/mol. The average molecular weight is 527 g/mol. The third kappa shape index (κ3) is 5.44. The molecule has 0 saturated heterocycles. The van der Waals surface area contributed by atoms with Gasteiger partial charge >= 0.3 is 5.69 Å². The SMILES string of the molecule is CCc1cc(-n2nnn(C)c2=O)ccc1CNC(=O)c1cc(C(=O)NCc2ccc3cc(C)oc3c2)ncn1. The molecule has 0 atom stereocenters. The van der Waals surface area contributed by atoms with Crippen molar-refractivity contribution in [1.29, 1.82) is 0 Å². The van der Waals surface area contributed by atoms with Crippen molar-refractivity contribution in [1.82, 2.24) is 40.4 Å². The van der Waals surface area contributed by atoms with Gasteiger partial charge in [0.25, 0.3) is 11.8 Å². The van der Waals surface area contributed by atoms with E-state index in [2.05, 4.69) is 31.0 Å². The molecule has 2 aromatic carbocycles. The summed E-state index contributed by atoms with van der Waals surface area (Å²) in [6.45, 7) is 4.37. The summed E-state index contributed by atoms with van der Waals surface area (Å²) in [6, 6.07) is 14.5. The molecule has 2 amide bonds. The lowest BCUT2D eigenvalue weighted by atomic mass is 10.0. The van der Waals surface area contributed by atoms with Crippen molar-refractivity contribution in [3.8, 4) is 5.69 Å². The molecule has 5 rings (SSSR count). The molecule has 39 heavy (non-hydrogen) atoms. The van der Waals surface area contributed by atoms with Gasteiger partial charge in [0.05, 0.1) is 5.69 Å². The zero-order valence-corrected chi connectivity index (χ0v) is 21.6. The maximum absolute atomic E-state index is 12.8. The number of nitrogens with one attached hydrogen (secondary N) is 2. The minimum Gasteiger partial charge on any atom is -0.461 e. The molecule has 12 heteroatoms. The van der Waals surface area contributed by atoms with Gasteiger partial charge in [-0.05, 0) is 64.7 Å². The molecule has 0 unspecified atom stereocenters. The van der Waals surface area contributed by atoms with E-state index in [9.17, 15) is 14.4 Å². The summed E-state index contributed by atoms with van der Waals surface area (Å²) in [5.41, 5.74) is 3.84. The van der Waals surface area contributed by atoms with Crippen LogP contribution in [0.15, 0.2) is 64.1 Å². The molecule has 5 aromatic rings. The fraction of sp³-hybridized carbons (Fsp3) is 0.222. The first-order valence-corrected chi connectivity index (χ1v) is 12.3. The smallest absolute Gasteiger partial charge is 0.368 e. The molecule has 0 spiro atoms. The van der Waals surface area contributed by atoms with E-state index in [-0.39, 0.29) is 30.2 Å². The Morgan fingerprint density at radius 3 is 2.33 bits per heavy atom. The molecule has 12 nitrogen and oxygen atoms in total. The average Bonchev–Trinajstić information content (AvgIpc) is 3.49. The van der Waals surface area contributed by atoms with E-state index < -0.39 is 11.8 Å². The number of carbonyl (C=O) groups excluding carboxylic acids is 2. The van der Waals surface area contributed by atoms with E-state index in [1.54, 1.807) is 6.07 Å². The number of furan rings is 1. The van der Waals surface area contributed by atoms with Crippen LogP contribution in [0.4, 0.5) is 0 Å². The minimum atomic E-state index is -0.443. The number of aryl methyl sites for hydroxylation is 3. The lowest BCUT2D eigenvalue weighted by molar-refractivity contribution is 0.0944. The highest BCUT2D eigenvalue weighted by Crippen LogP contribution is 2.20. The number of carbonyl (C=O) groups is 2. The third-order valence-electron chi connectivity index (χ3n) is 6.27. The number of hydrogen-bond acceptors (Lipinski definition) is 8. The van der Waals surface area contributed by atoms with Crippen LogP contribution in [0, 0.1) is 6.92 Å². The Balaban J connectivity index is 1.22. The topological polar surface area (TPSA) is 150 Å². The van der Waals surface area contributed by atoms with Crippen molar-refractivity contribution >= 4 is 22.8 Å². The second-order valence-corrected chi connectivity index (χ2v) is 8.99. The van der Waals surface area contributed by atoms with Crippen LogP contribution in [0.3, 0.4) is 0 Å². The normalized spacial score (nSPS) is 11.1. The number of aromatic nitrogens is 6. The second kappa shape index (κ2) is 10.7. The number of fused-ring (bicyclic) bond motifs is 1. The Morgan fingerprint density at radius 2 is 1.64 bits per heavy atom. The number of amides is 2. The molecule has 0 radical (unpaired) electrons. The van der Waals surface area contributed by atoms with Gasteiger partial charge in [-0.3, -0.25) is 9.59 Å². The van der Waals surface area contributed by atoms with E-state index in [0.717, 1.165) is 38.1 Å². The van der Waals surface area contributed by atoms with Crippen LogP contribution < -0.4 is 16.3 Å². The van der Waals surface area contributed by atoms with Gasteiger partial charge in [0.15, 0.2) is 0 Å². The molecular formula is C27H26N8O4. The van der Waals surface area contributed by atoms with Gasteiger partial charge in [0, 0.05) is 31.6 Å². The first-order chi connectivity index (χ1) is 18.8. The molecule has 198 valence electrons. The zero-order chi connectivity index (χ0) is 27.5. The van der Waals surface area contributed by atoms with Gasteiger partial charge in [0.1, 0.15) is 29.1 Å². The molecular weight excluding hydrogens is 500 g/mol. The maximum Gasteiger partial charge on any atom is 0.368 e. The summed E-state index contributed by atoms with van der Waals surface area (Å²) < 4.78 is 8.01. The number of hydrogen-bond donors (Lipinski definition) is 2. The van der Waals surface area contributed by atoms with Crippen LogP contribution in [0.5, 0.6) is 0 Å². The van der Waals surface area contributed by atoms with Crippen LogP contribution in [0.2, 0.25) is 0 Å². The van der Waals surface area contributed by atoms with Gasteiger partial charge in [-0.25, -0.2) is 14.8 Å². The quantitative estimate of drug-likeness (QED) is 0.313. The van der Waals surface area contributed by atoms with Crippen molar-refractivity contribution in [2.24, 2.45) is 7.05 Å². The van der Waals surface area contributed by atoms with Crippen LogP contribution in [0.25, 0.3) is 16.7 Å². The van der Waals surface area contributed by atoms with Gasteiger partial charge < -0.3 is 15.1 Å². The van der Waals surface area contributed by atoms with E-state index in [0.29, 0.717) is 12.1 Å². The highest BCUT2D eigenvalue weighted by Gasteiger charge is 2.15. The Kier molecular flexibility index (Phi) is 7.00. The molecule has 0 saturated carbocycles. The zero-order valence-electron chi connectivity index (χ0n) is 21.6. The summed E-state index contributed by atoms with van der Waals surface area (Å²) in [5, 5.41) is 14.2.